The van der Waals surface area contributed by atoms with Crippen LogP contribution in [0, 0.1) is 0 Å². The molecule has 1 unspecified atom stereocenters. The summed E-state index contributed by atoms with van der Waals surface area (Å²) >= 11 is 0. The molecule has 0 amide bonds. The van der Waals surface area contributed by atoms with Crippen LogP contribution in [-0.4, -0.2) is 50.0 Å². The molecule has 0 spiro atoms. The third-order valence-electron chi connectivity index (χ3n) is 3.07. The second-order valence-electron chi connectivity index (χ2n) is 4.37. The van der Waals surface area contributed by atoms with Gasteiger partial charge in [0.1, 0.15) is 5.75 Å². The fraction of sp³-hybridized carbons (Fsp3) is 0.600. The SMILES string of the molecule is CCOc1ccccc1C(O)CN(CC)CCOC. The van der Waals surface area contributed by atoms with Gasteiger partial charge in [0.05, 0.1) is 19.3 Å². The lowest BCUT2D eigenvalue weighted by Gasteiger charge is -2.24. The number of aliphatic hydroxyl groups is 1. The normalized spacial score (nSPS) is 12.7. The van der Waals surface area contributed by atoms with Crippen LogP contribution in [0.25, 0.3) is 0 Å². The molecule has 0 saturated heterocycles. The molecule has 0 heterocycles. The molecule has 0 aliphatic rings. The number of hydrogen-bond acceptors (Lipinski definition) is 4. The monoisotopic (exact) mass is 267 g/mol. The van der Waals surface area contributed by atoms with Crippen LogP contribution in [0.2, 0.25) is 0 Å². The summed E-state index contributed by atoms with van der Waals surface area (Å²) in [5.74, 6) is 0.764. The summed E-state index contributed by atoms with van der Waals surface area (Å²) in [6, 6.07) is 7.66. The topological polar surface area (TPSA) is 41.9 Å². The molecular weight excluding hydrogens is 242 g/mol. The van der Waals surface area contributed by atoms with Gasteiger partial charge >= 0.3 is 0 Å². The fourth-order valence-electron chi connectivity index (χ4n) is 1.98. The largest absolute Gasteiger partial charge is 0.493 e. The van der Waals surface area contributed by atoms with E-state index in [-0.39, 0.29) is 0 Å². The molecule has 19 heavy (non-hydrogen) atoms. The van der Waals surface area contributed by atoms with Gasteiger partial charge in [0.2, 0.25) is 0 Å². The molecule has 1 rings (SSSR count). The highest BCUT2D eigenvalue weighted by Crippen LogP contribution is 2.25. The van der Waals surface area contributed by atoms with Crippen molar-refractivity contribution >= 4 is 0 Å². The Kier molecular flexibility index (Phi) is 7.48. The maximum Gasteiger partial charge on any atom is 0.125 e. The van der Waals surface area contributed by atoms with E-state index in [4.69, 9.17) is 9.47 Å². The first-order valence-electron chi connectivity index (χ1n) is 6.84. The summed E-state index contributed by atoms with van der Waals surface area (Å²) < 4.78 is 10.6. The summed E-state index contributed by atoms with van der Waals surface area (Å²) in [6.45, 7) is 7.59. The Morgan fingerprint density at radius 1 is 1.26 bits per heavy atom. The second kappa shape index (κ2) is 8.91. The molecule has 1 atom stereocenters. The van der Waals surface area contributed by atoms with Gasteiger partial charge in [-0.1, -0.05) is 25.1 Å². The Bertz CT molecular complexity index is 357. The second-order valence-corrected chi connectivity index (χ2v) is 4.37. The zero-order valence-electron chi connectivity index (χ0n) is 12.1. The van der Waals surface area contributed by atoms with Gasteiger partial charge in [0.15, 0.2) is 0 Å². The van der Waals surface area contributed by atoms with Gasteiger partial charge in [-0.05, 0) is 19.5 Å². The number of aliphatic hydroxyl groups excluding tert-OH is 1. The third kappa shape index (κ3) is 5.19. The Labute approximate surface area is 115 Å². The Morgan fingerprint density at radius 3 is 2.63 bits per heavy atom. The molecule has 4 heteroatoms. The van der Waals surface area contributed by atoms with Gasteiger partial charge in [-0.3, -0.25) is 4.90 Å². The zero-order valence-corrected chi connectivity index (χ0v) is 12.1. The molecule has 4 nitrogen and oxygen atoms in total. The number of para-hydroxylation sites is 1. The minimum Gasteiger partial charge on any atom is -0.493 e. The van der Waals surface area contributed by atoms with E-state index in [1.807, 2.05) is 31.2 Å². The first-order valence-corrected chi connectivity index (χ1v) is 6.84. The van der Waals surface area contributed by atoms with Crippen molar-refractivity contribution in [2.24, 2.45) is 0 Å². The van der Waals surface area contributed by atoms with Crippen molar-refractivity contribution in [3.05, 3.63) is 29.8 Å². The molecule has 1 aromatic rings. The quantitative estimate of drug-likeness (QED) is 0.744. The van der Waals surface area contributed by atoms with Gasteiger partial charge in [-0.25, -0.2) is 0 Å². The predicted octanol–water partition coefficient (Wildman–Crippen LogP) is 2.09. The first-order chi connectivity index (χ1) is 9.22. The van der Waals surface area contributed by atoms with Gasteiger partial charge in [-0.2, -0.15) is 0 Å². The molecule has 0 bridgehead atoms. The molecule has 0 fully saturated rings. The molecule has 1 N–H and O–H groups in total. The summed E-state index contributed by atoms with van der Waals surface area (Å²) in [5.41, 5.74) is 0.847. The Morgan fingerprint density at radius 2 is 2.00 bits per heavy atom. The minimum absolute atomic E-state index is 0.542. The molecule has 0 aliphatic carbocycles. The molecule has 0 radical (unpaired) electrons. The van der Waals surface area contributed by atoms with Gasteiger partial charge in [-0.15, -0.1) is 0 Å². The van der Waals surface area contributed by atoms with Gasteiger partial charge < -0.3 is 14.6 Å². The van der Waals surface area contributed by atoms with Crippen molar-refractivity contribution in [1.82, 2.24) is 4.90 Å². The minimum atomic E-state index is -0.542. The number of ether oxygens (including phenoxy) is 2. The summed E-state index contributed by atoms with van der Waals surface area (Å²) in [7, 11) is 1.69. The number of hydrogen-bond donors (Lipinski definition) is 1. The van der Waals surface area contributed by atoms with E-state index in [1.165, 1.54) is 0 Å². The van der Waals surface area contributed by atoms with Gasteiger partial charge in [0, 0.05) is 25.8 Å². The van der Waals surface area contributed by atoms with E-state index in [2.05, 4.69) is 11.8 Å². The van der Waals surface area contributed by atoms with Crippen LogP contribution >= 0.6 is 0 Å². The highest BCUT2D eigenvalue weighted by molar-refractivity contribution is 5.35. The van der Waals surface area contributed by atoms with Crippen molar-refractivity contribution in [2.75, 3.05) is 40.0 Å². The fourth-order valence-corrected chi connectivity index (χ4v) is 1.98. The predicted molar refractivity (Wildman–Crippen MR) is 76.6 cm³/mol. The summed E-state index contributed by atoms with van der Waals surface area (Å²) in [5, 5.41) is 10.4. The Hall–Kier alpha value is -1.10. The standard InChI is InChI=1S/C15H25NO3/c1-4-16(10-11-18-3)12-14(17)13-8-6-7-9-15(13)19-5-2/h6-9,14,17H,4-5,10-12H2,1-3H3. The molecule has 1 aromatic carbocycles. The van der Waals surface area contributed by atoms with E-state index in [0.717, 1.165) is 24.4 Å². The molecule has 0 aromatic heterocycles. The third-order valence-corrected chi connectivity index (χ3v) is 3.07. The Balaban J connectivity index is 2.67. The van der Waals surface area contributed by atoms with Crippen molar-refractivity contribution in [2.45, 2.75) is 20.0 Å². The molecule has 0 saturated carbocycles. The van der Waals surface area contributed by atoms with Crippen LogP contribution in [0.15, 0.2) is 24.3 Å². The van der Waals surface area contributed by atoms with E-state index >= 15 is 0 Å². The number of rotatable bonds is 9. The van der Waals surface area contributed by atoms with Gasteiger partial charge in [0.25, 0.3) is 0 Å². The number of likely N-dealkylation sites (N-methyl/N-ethyl adjacent to an activating group) is 1. The summed E-state index contributed by atoms with van der Waals surface area (Å²) in [4.78, 5) is 2.16. The average Bonchev–Trinajstić information content (AvgIpc) is 2.44. The van der Waals surface area contributed by atoms with Crippen LogP contribution in [-0.2, 0) is 4.74 Å². The average molecular weight is 267 g/mol. The van der Waals surface area contributed by atoms with Crippen LogP contribution in [0.5, 0.6) is 5.75 Å². The first kappa shape index (κ1) is 16.0. The van der Waals surface area contributed by atoms with Crippen LogP contribution in [0.3, 0.4) is 0 Å². The van der Waals surface area contributed by atoms with Crippen molar-refractivity contribution in [1.29, 1.82) is 0 Å². The number of methoxy groups -OCH3 is 1. The van der Waals surface area contributed by atoms with E-state index in [0.29, 0.717) is 19.8 Å². The number of benzene rings is 1. The highest BCUT2D eigenvalue weighted by Gasteiger charge is 2.16. The number of nitrogens with zero attached hydrogens (tertiary/aromatic N) is 1. The molecular formula is C15H25NO3. The zero-order chi connectivity index (χ0) is 14.1. The smallest absolute Gasteiger partial charge is 0.125 e. The van der Waals surface area contributed by atoms with Crippen molar-refractivity contribution in [3.63, 3.8) is 0 Å². The highest BCUT2D eigenvalue weighted by atomic mass is 16.5. The van der Waals surface area contributed by atoms with Crippen LogP contribution in [0.4, 0.5) is 0 Å². The van der Waals surface area contributed by atoms with Crippen LogP contribution in [0.1, 0.15) is 25.5 Å². The summed E-state index contributed by atoms with van der Waals surface area (Å²) in [6.07, 6.45) is -0.542. The molecule has 108 valence electrons. The maximum absolute atomic E-state index is 10.4. The van der Waals surface area contributed by atoms with Crippen LogP contribution < -0.4 is 4.74 Å². The van der Waals surface area contributed by atoms with E-state index in [9.17, 15) is 5.11 Å². The van der Waals surface area contributed by atoms with Crippen molar-refractivity contribution in [3.8, 4) is 5.75 Å². The lowest BCUT2D eigenvalue weighted by atomic mass is 10.1. The van der Waals surface area contributed by atoms with Crippen molar-refractivity contribution < 1.29 is 14.6 Å². The van der Waals surface area contributed by atoms with E-state index < -0.39 is 6.10 Å². The maximum atomic E-state index is 10.4. The lowest BCUT2D eigenvalue weighted by Crippen LogP contribution is -2.31. The van der Waals surface area contributed by atoms with E-state index in [1.54, 1.807) is 7.11 Å². The lowest BCUT2D eigenvalue weighted by molar-refractivity contribution is 0.0902. The molecule has 0 aliphatic heterocycles.